The molecule has 2 saturated heterocycles. The van der Waals surface area contributed by atoms with Crippen LogP contribution in [0.2, 0.25) is 0 Å². The number of carbonyl (C=O) groups excluding carboxylic acids is 4. The lowest BCUT2D eigenvalue weighted by Gasteiger charge is -2.46. The molecule has 0 radical (unpaired) electrons. The fourth-order valence-electron chi connectivity index (χ4n) is 7.06. The van der Waals surface area contributed by atoms with Gasteiger partial charge in [0.2, 0.25) is 11.4 Å². The zero-order chi connectivity index (χ0) is 45.5. The van der Waals surface area contributed by atoms with Crippen molar-refractivity contribution >= 4 is 37.2 Å². The van der Waals surface area contributed by atoms with Crippen molar-refractivity contribution in [3.8, 4) is 0 Å². The Hall–Kier alpha value is -3.61. The number of amides is 1. The van der Waals surface area contributed by atoms with E-state index < -0.39 is 91.9 Å². The Balaban J connectivity index is 1.52. The molecule has 2 aliphatic rings. The average molecular weight is 896 g/mol. The number of nitrogens with one attached hydrogen (secondary N) is 1. The normalized spacial score (nSPS) is 26.3. The molecule has 1 aromatic heterocycles. The average Bonchev–Trinajstić information content (AvgIpc) is 3.51. The highest BCUT2D eigenvalue weighted by molar-refractivity contribution is 7.57. The van der Waals surface area contributed by atoms with E-state index in [0.717, 1.165) is 18.4 Å². The van der Waals surface area contributed by atoms with Crippen LogP contribution >= 0.6 is 7.52 Å². The van der Waals surface area contributed by atoms with Crippen molar-refractivity contribution in [3.63, 3.8) is 0 Å². The summed E-state index contributed by atoms with van der Waals surface area (Å²) >= 11 is 0. The van der Waals surface area contributed by atoms with Gasteiger partial charge in [0.25, 0.3) is 0 Å². The maximum atomic E-state index is 15.3. The van der Waals surface area contributed by atoms with Crippen molar-refractivity contribution in [1.29, 1.82) is 0 Å². The van der Waals surface area contributed by atoms with Gasteiger partial charge in [-0.1, -0.05) is 0 Å². The number of aliphatic hydroxyl groups excluding tert-OH is 2. The Labute approximate surface area is 354 Å². The zero-order valence-electron chi connectivity index (χ0n) is 35.9. The Morgan fingerprint density at radius 1 is 0.918 bits per heavy atom. The summed E-state index contributed by atoms with van der Waals surface area (Å²) < 4.78 is 74.8. The first-order valence-electron chi connectivity index (χ1n) is 19.9. The molecule has 0 bridgehead atoms. The Morgan fingerprint density at radius 3 is 1.97 bits per heavy atom. The molecule has 2 fully saturated rings. The number of carbonyl (C=O) groups is 4. The van der Waals surface area contributed by atoms with Crippen LogP contribution in [-0.4, -0.2) is 169 Å². The molecule has 3 rings (SSSR count). The van der Waals surface area contributed by atoms with Gasteiger partial charge in [-0.05, 0) is 33.8 Å². The molecule has 1 unspecified atom stereocenters. The van der Waals surface area contributed by atoms with Gasteiger partial charge in [-0.3, -0.25) is 28.3 Å². The number of hydrogen-bond donors (Lipinski definition) is 4. The lowest BCUT2D eigenvalue weighted by molar-refractivity contribution is -0.279. The van der Waals surface area contributed by atoms with Gasteiger partial charge >= 0.3 is 31.1 Å². The molecule has 3 heterocycles. The highest BCUT2D eigenvalue weighted by Crippen LogP contribution is 2.69. The number of nitrogens with two attached hydrogens (primary N) is 1. The lowest BCUT2D eigenvalue weighted by Crippen LogP contribution is -2.66. The Morgan fingerprint density at radius 2 is 1.48 bits per heavy atom. The van der Waals surface area contributed by atoms with Gasteiger partial charge in [0, 0.05) is 52.4 Å². The Kier molecular flexibility index (Phi) is 20.6. The summed E-state index contributed by atoms with van der Waals surface area (Å²) in [5, 5.41) is 23.5. The van der Waals surface area contributed by atoms with Gasteiger partial charge in [0.1, 0.15) is 30.7 Å². The summed E-state index contributed by atoms with van der Waals surface area (Å²) in [6.07, 6.45) is -6.37. The first kappa shape index (κ1) is 51.7. The third kappa shape index (κ3) is 14.2. The van der Waals surface area contributed by atoms with Crippen molar-refractivity contribution in [3.05, 3.63) is 22.7 Å². The van der Waals surface area contributed by atoms with Crippen LogP contribution in [0.3, 0.4) is 0 Å². The quantitative estimate of drug-likeness (QED) is 0.0421. The van der Waals surface area contributed by atoms with Gasteiger partial charge in [-0.15, -0.1) is 0 Å². The molecule has 2 aliphatic heterocycles. The maximum absolute atomic E-state index is 15.3. The van der Waals surface area contributed by atoms with Crippen molar-refractivity contribution in [2.24, 2.45) is 0 Å². The summed E-state index contributed by atoms with van der Waals surface area (Å²) in [7, 11) is -4.30. The largest absolute Gasteiger partial charge is 0.463 e. The van der Waals surface area contributed by atoms with Crippen LogP contribution in [-0.2, 0) is 76.4 Å². The monoisotopic (exact) mass is 895 g/mol. The van der Waals surface area contributed by atoms with Crippen molar-refractivity contribution in [2.45, 2.75) is 122 Å². The van der Waals surface area contributed by atoms with Crippen LogP contribution in [0.4, 0.5) is 5.82 Å². The van der Waals surface area contributed by atoms with E-state index in [-0.39, 0.29) is 83.8 Å². The predicted octanol–water partition coefficient (Wildman–Crippen LogP) is -0.371. The third-order valence-electron chi connectivity index (χ3n) is 9.25. The number of nitrogens with zero attached hydrogens (tertiary/aromatic N) is 3. The fourth-order valence-corrected chi connectivity index (χ4v) is 10.4. The summed E-state index contributed by atoms with van der Waals surface area (Å²) in [6, 6.07) is -0.545. The molecule has 5 N–H and O–H groups in total. The maximum Gasteiger partial charge on any atom is 0.352 e. The Bertz CT molecular complexity index is 1690. The highest BCUT2D eigenvalue weighted by atomic mass is 31.2. The fraction of sp³-hybridized carbons (Fsp3) is 0.784. The van der Waals surface area contributed by atoms with Crippen molar-refractivity contribution < 1.29 is 81.1 Å². The zero-order valence-corrected chi connectivity index (χ0v) is 36.8. The van der Waals surface area contributed by atoms with E-state index in [1.807, 2.05) is 0 Å². The minimum atomic E-state index is -4.30. The molecule has 0 spiro atoms. The van der Waals surface area contributed by atoms with Gasteiger partial charge in [0.15, 0.2) is 18.5 Å². The smallest absolute Gasteiger partial charge is 0.352 e. The van der Waals surface area contributed by atoms with Crippen LogP contribution in [0.15, 0.2) is 17.1 Å². The van der Waals surface area contributed by atoms with Crippen molar-refractivity contribution in [1.82, 2.24) is 19.5 Å². The summed E-state index contributed by atoms with van der Waals surface area (Å²) in [5.41, 5.74) is 2.79. The van der Waals surface area contributed by atoms with Crippen LogP contribution in [0, 0.1) is 0 Å². The van der Waals surface area contributed by atoms with E-state index in [1.54, 1.807) is 32.4 Å². The number of esters is 3. The molecule has 23 nitrogen and oxygen atoms in total. The van der Waals surface area contributed by atoms with Crippen LogP contribution < -0.4 is 16.7 Å². The topological polar surface area (TPSA) is 294 Å². The summed E-state index contributed by atoms with van der Waals surface area (Å²) in [4.78, 5) is 64.6. The lowest BCUT2D eigenvalue weighted by atomic mass is 9.96. The summed E-state index contributed by atoms with van der Waals surface area (Å²) in [6.45, 7) is 11.3. The first-order valence-corrected chi connectivity index (χ1v) is 21.5. The second-order valence-corrected chi connectivity index (χ2v) is 17.2. The number of hydrogen-bond acceptors (Lipinski definition) is 20. The SMILES string of the molecule is CC(=O)N[C@H]1[C@H](OCCOCCOCCOCCOP(=O)(N(C(C)C)C(C)C)[C@]2(n3ccc(N)nc3=O)C[C@H](O)[C@@H](CO)O2)O[C@H](COC(C)=O)[C@H](OC(C)=O)[C@@H]1OC(C)=O. The second-order valence-electron chi connectivity index (χ2n) is 14.7. The molecule has 348 valence electrons. The molecule has 9 atom stereocenters. The molecular weight excluding hydrogens is 833 g/mol. The van der Waals surface area contributed by atoms with Crippen molar-refractivity contribution in [2.75, 3.05) is 71.8 Å². The first-order chi connectivity index (χ1) is 28.8. The van der Waals surface area contributed by atoms with E-state index in [0.29, 0.717) is 0 Å². The molecule has 24 heteroatoms. The molecular formula is C37H62N5O18P. The molecule has 0 aliphatic carbocycles. The standard InChI is InChI=1S/C37H62N5O18P/c1-22(2)42(23(3)4)61(50,37(19-28(48)29(20-43)60-37)41-10-9-31(38)40-36(41)49)56-18-16-53-14-12-51-11-13-52-15-17-54-35-32(39-24(5)44)34(58-27(8)47)33(57-26(7)46)30(59-35)21-55-25(6)45/h9-10,22-23,28-30,32-35,43,48H,11-21H2,1-8H3,(H,39,44)(H2,38,40,49)/t28-,29+,30+,32+,33-,34+,35+,37-,61?/m0/s1. The van der Waals surface area contributed by atoms with Gasteiger partial charge in [0.05, 0.1) is 65.6 Å². The number of rotatable bonds is 25. The second kappa shape index (κ2) is 24.3. The number of ether oxygens (including phenoxy) is 9. The minimum absolute atomic E-state index is 0.0352. The van der Waals surface area contributed by atoms with Gasteiger partial charge < -0.3 is 68.4 Å². The predicted molar refractivity (Wildman–Crippen MR) is 212 cm³/mol. The van der Waals surface area contributed by atoms with E-state index in [4.69, 9.17) is 52.9 Å². The number of aromatic nitrogens is 2. The van der Waals surface area contributed by atoms with E-state index in [2.05, 4.69) is 10.3 Å². The van der Waals surface area contributed by atoms with Gasteiger partial charge in [-0.25, -0.2) is 9.46 Å². The third-order valence-corrected chi connectivity index (χ3v) is 12.7. The number of anilines is 1. The van der Waals surface area contributed by atoms with Crippen LogP contribution in [0.25, 0.3) is 0 Å². The molecule has 1 amide bonds. The van der Waals surface area contributed by atoms with Crippen LogP contribution in [0.5, 0.6) is 0 Å². The van der Waals surface area contributed by atoms with Gasteiger partial charge in [-0.2, -0.15) is 4.98 Å². The van der Waals surface area contributed by atoms with Crippen LogP contribution in [0.1, 0.15) is 61.8 Å². The molecule has 1 aromatic rings. The molecule has 0 saturated carbocycles. The van der Waals surface area contributed by atoms with E-state index >= 15 is 4.57 Å². The molecule has 61 heavy (non-hydrogen) atoms. The van der Waals surface area contributed by atoms with E-state index in [1.165, 1.54) is 26.1 Å². The highest BCUT2D eigenvalue weighted by Gasteiger charge is 2.64. The minimum Gasteiger partial charge on any atom is -0.463 e. The molecule has 0 aromatic carbocycles. The summed E-state index contributed by atoms with van der Waals surface area (Å²) in [5.74, 6) is -2.68. The van der Waals surface area contributed by atoms with E-state index in [9.17, 15) is 34.2 Å². The number of nitrogen functional groups attached to an aromatic ring is 1. The number of aliphatic hydroxyl groups is 2.